The van der Waals surface area contributed by atoms with Crippen LogP contribution >= 0.6 is 0 Å². The molecule has 4 nitrogen and oxygen atoms in total. The van der Waals surface area contributed by atoms with Gasteiger partial charge in [-0.3, -0.25) is 4.79 Å². The van der Waals surface area contributed by atoms with Gasteiger partial charge in [0.2, 0.25) is 0 Å². The Balaban J connectivity index is 2.08. The van der Waals surface area contributed by atoms with Crippen molar-refractivity contribution in [2.45, 2.75) is 25.3 Å². The first kappa shape index (κ1) is 19.7. The Kier molecular flexibility index (Phi) is 5.26. The molecule has 3 rings (SSSR count). The first-order chi connectivity index (χ1) is 13.2. The first-order valence-corrected chi connectivity index (χ1v) is 8.08. The van der Waals surface area contributed by atoms with Gasteiger partial charge in [-0.1, -0.05) is 18.2 Å². The van der Waals surface area contributed by atoms with Gasteiger partial charge in [0.15, 0.2) is 0 Å². The smallest absolute Gasteiger partial charge is 0.471 e. The number of ether oxygens (including phenoxy) is 2. The van der Waals surface area contributed by atoms with Crippen LogP contribution in [0.3, 0.4) is 0 Å². The zero-order valence-electron chi connectivity index (χ0n) is 14.2. The van der Waals surface area contributed by atoms with Crippen molar-refractivity contribution in [1.29, 1.82) is 0 Å². The van der Waals surface area contributed by atoms with Gasteiger partial charge in [-0.15, -0.1) is 6.58 Å². The van der Waals surface area contributed by atoms with Gasteiger partial charge in [-0.25, -0.2) is 0 Å². The van der Waals surface area contributed by atoms with Crippen molar-refractivity contribution in [3.63, 3.8) is 0 Å². The summed E-state index contributed by atoms with van der Waals surface area (Å²) in [6, 6.07) is 8.40. The number of benzene rings is 2. The molecule has 9 heteroatoms. The highest BCUT2D eigenvalue weighted by Gasteiger charge is 2.39. The van der Waals surface area contributed by atoms with E-state index >= 15 is 0 Å². The summed E-state index contributed by atoms with van der Waals surface area (Å²) in [4.78, 5) is 11.2. The summed E-state index contributed by atoms with van der Waals surface area (Å²) >= 11 is 0. The normalized spacial score (nSPS) is 15.3. The zero-order valence-corrected chi connectivity index (χ0v) is 14.2. The van der Waals surface area contributed by atoms with Crippen LogP contribution in [-0.4, -0.2) is 18.7 Å². The summed E-state index contributed by atoms with van der Waals surface area (Å²) in [5, 5.41) is 1.77. The number of alkyl halides is 5. The van der Waals surface area contributed by atoms with Crippen LogP contribution in [0, 0.1) is 0 Å². The van der Waals surface area contributed by atoms with E-state index in [0.717, 1.165) is 0 Å². The maximum absolute atomic E-state index is 12.8. The number of anilines is 1. The maximum Gasteiger partial charge on any atom is 0.471 e. The average Bonchev–Trinajstić information content (AvgIpc) is 2.61. The Bertz CT molecular complexity index is 911. The predicted molar refractivity (Wildman–Crippen MR) is 91.4 cm³/mol. The molecule has 2 aromatic rings. The highest BCUT2D eigenvalue weighted by Crippen LogP contribution is 2.49. The molecule has 0 aromatic heterocycles. The molecule has 1 N–H and O–H groups in total. The lowest BCUT2D eigenvalue weighted by Crippen LogP contribution is -2.30. The van der Waals surface area contributed by atoms with E-state index in [-0.39, 0.29) is 17.0 Å². The molecule has 0 aliphatic carbocycles. The molecule has 1 aliphatic rings. The number of carbonyl (C=O) groups is 1. The average molecular weight is 399 g/mol. The van der Waals surface area contributed by atoms with Gasteiger partial charge < -0.3 is 14.8 Å². The Morgan fingerprint density at radius 2 is 2.04 bits per heavy atom. The van der Waals surface area contributed by atoms with Crippen LogP contribution in [0.4, 0.5) is 27.6 Å². The molecule has 0 bridgehead atoms. The van der Waals surface area contributed by atoms with Crippen molar-refractivity contribution < 1.29 is 36.2 Å². The second-order valence-electron chi connectivity index (χ2n) is 5.89. The molecular weight excluding hydrogens is 385 g/mol. The molecule has 0 saturated heterocycles. The summed E-state index contributed by atoms with van der Waals surface area (Å²) in [7, 11) is 0. The summed E-state index contributed by atoms with van der Waals surface area (Å²) in [6.45, 7) is 0.558. The van der Waals surface area contributed by atoms with Crippen LogP contribution in [0.5, 0.6) is 11.5 Å². The largest absolute Gasteiger partial charge is 0.485 e. The minimum Gasteiger partial charge on any atom is -0.485 e. The van der Waals surface area contributed by atoms with Crippen molar-refractivity contribution in [1.82, 2.24) is 0 Å². The Labute approximate surface area is 156 Å². The fraction of sp³-hybridized carbons (Fsp3) is 0.211. The van der Waals surface area contributed by atoms with Crippen LogP contribution in [0.1, 0.15) is 18.1 Å². The molecule has 1 aliphatic heterocycles. The number of halogens is 5. The lowest BCUT2D eigenvalue weighted by atomic mass is 9.90. The Hall–Kier alpha value is -3.10. The van der Waals surface area contributed by atoms with E-state index in [2.05, 4.69) is 11.3 Å². The standard InChI is InChI=1S/C19H14F5NO3/c1-2-4-13-12-9-10(25-17(26)19(22,23)24)7-8-11(12)16-14(27-13)5-3-6-15(16)28-18(20)21/h2-3,5-9,13,18H,1,4H2,(H,25,26). The van der Waals surface area contributed by atoms with E-state index in [1.54, 1.807) is 17.5 Å². The van der Waals surface area contributed by atoms with Gasteiger partial charge >= 0.3 is 18.7 Å². The van der Waals surface area contributed by atoms with Gasteiger partial charge in [0.1, 0.15) is 17.6 Å². The van der Waals surface area contributed by atoms with Gasteiger partial charge in [-0.05, 0) is 29.8 Å². The Morgan fingerprint density at radius 1 is 1.29 bits per heavy atom. The van der Waals surface area contributed by atoms with Gasteiger partial charge in [0.05, 0.1) is 5.56 Å². The molecule has 1 heterocycles. The number of nitrogens with one attached hydrogen (secondary N) is 1. The van der Waals surface area contributed by atoms with Crippen molar-refractivity contribution in [3.05, 3.63) is 54.6 Å². The third kappa shape index (κ3) is 3.92. The maximum atomic E-state index is 12.8. The van der Waals surface area contributed by atoms with Crippen molar-refractivity contribution in [2.24, 2.45) is 0 Å². The van der Waals surface area contributed by atoms with E-state index < -0.39 is 24.8 Å². The first-order valence-electron chi connectivity index (χ1n) is 8.08. The second kappa shape index (κ2) is 7.49. The van der Waals surface area contributed by atoms with Crippen molar-refractivity contribution >= 4 is 11.6 Å². The fourth-order valence-corrected chi connectivity index (χ4v) is 2.95. The molecule has 28 heavy (non-hydrogen) atoms. The van der Waals surface area contributed by atoms with Gasteiger partial charge in [0, 0.05) is 17.7 Å². The number of rotatable bonds is 5. The predicted octanol–water partition coefficient (Wildman–Crippen LogP) is 5.47. The highest BCUT2D eigenvalue weighted by atomic mass is 19.4. The summed E-state index contributed by atoms with van der Waals surface area (Å²) < 4.78 is 73.4. The highest BCUT2D eigenvalue weighted by molar-refractivity contribution is 5.95. The monoisotopic (exact) mass is 399 g/mol. The third-order valence-electron chi connectivity index (χ3n) is 4.04. The topological polar surface area (TPSA) is 47.6 Å². The third-order valence-corrected chi connectivity index (χ3v) is 4.04. The summed E-state index contributed by atoms with van der Waals surface area (Å²) in [5.41, 5.74) is 1.02. The minimum absolute atomic E-state index is 0.102. The molecule has 0 spiro atoms. The minimum atomic E-state index is -5.04. The molecule has 0 radical (unpaired) electrons. The zero-order chi connectivity index (χ0) is 20.5. The number of amides is 1. The van der Waals surface area contributed by atoms with E-state index in [1.165, 1.54) is 30.3 Å². The van der Waals surface area contributed by atoms with E-state index in [0.29, 0.717) is 23.3 Å². The van der Waals surface area contributed by atoms with E-state index in [4.69, 9.17) is 4.74 Å². The molecule has 1 atom stereocenters. The molecule has 2 aromatic carbocycles. The SMILES string of the molecule is C=CCC1Oc2cccc(OC(F)F)c2-c2ccc(NC(=O)C(F)(F)F)cc21. The van der Waals surface area contributed by atoms with Crippen LogP contribution in [0.2, 0.25) is 0 Å². The summed E-state index contributed by atoms with van der Waals surface area (Å²) in [6.07, 6.45) is -3.80. The molecule has 1 unspecified atom stereocenters. The van der Waals surface area contributed by atoms with Gasteiger partial charge in [0.25, 0.3) is 0 Å². The van der Waals surface area contributed by atoms with E-state index in [9.17, 15) is 26.7 Å². The number of fused-ring (bicyclic) bond motifs is 3. The molecule has 1 amide bonds. The summed E-state index contributed by atoms with van der Waals surface area (Å²) in [5.74, 6) is -1.95. The lowest BCUT2D eigenvalue weighted by molar-refractivity contribution is -0.167. The number of hydrogen-bond donors (Lipinski definition) is 1. The number of hydrogen-bond acceptors (Lipinski definition) is 3. The number of carbonyl (C=O) groups excluding carboxylic acids is 1. The van der Waals surface area contributed by atoms with Crippen LogP contribution < -0.4 is 14.8 Å². The second-order valence-corrected chi connectivity index (χ2v) is 5.89. The van der Waals surface area contributed by atoms with Crippen LogP contribution in [0.15, 0.2) is 49.1 Å². The Morgan fingerprint density at radius 3 is 2.68 bits per heavy atom. The molecular formula is C19H14F5NO3. The fourth-order valence-electron chi connectivity index (χ4n) is 2.95. The van der Waals surface area contributed by atoms with Crippen LogP contribution in [-0.2, 0) is 4.79 Å². The molecule has 0 saturated carbocycles. The lowest BCUT2D eigenvalue weighted by Gasteiger charge is -2.30. The van der Waals surface area contributed by atoms with Gasteiger partial charge in [-0.2, -0.15) is 22.0 Å². The quantitative estimate of drug-likeness (QED) is 0.536. The van der Waals surface area contributed by atoms with E-state index in [1.807, 2.05) is 0 Å². The molecule has 148 valence electrons. The molecule has 0 fully saturated rings. The van der Waals surface area contributed by atoms with Crippen LogP contribution in [0.25, 0.3) is 11.1 Å². The van der Waals surface area contributed by atoms with Crippen molar-refractivity contribution in [2.75, 3.05) is 5.32 Å². The van der Waals surface area contributed by atoms with Crippen molar-refractivity contribution in [3.8, 4) is 22.6 Å².